The number of nitrogens with one attached hydrogen (secondary N) is 1. The van der Waals surface area contributed by atoms with Crippen molar-refractivity contribution in [3.8, 4) is 11.3 Å². The van der Waals surface area contributed by atoms with Gasteiger partial charge in [0.15, 0.2) is 0 Å². The number of hydrogen-bond acceptors (Lipinski definition) is 3. The molecule has 0 saturated carbocycles. The van der Waals surface area contributed by atoms with E-state index in [9.17, 15) is 13.2 Å². The Kier molecular flexibility index (Phi) is 4.52. The molecule has 0 fully saturated rings. The molecular formula is C20H15ClF3N3. The topological polar surface area (TPSA) is 37.8 Å². The quantitative estimate of drug-likeness (QED) is 0.646. The molecule has 1 aromatic heterocycles. The summed E-state index contributed by atoms with van der Waals surface area (Å²) in [6.07, 6.45) is -2.04. The maximum atomic E-state index is 12.5. The van der Waals surface area contributed by atoms with Crippen LogP contribution in [0.25, 0.3) is 11.3 Å². The summed E-state index contributed by atoms with van der Waals surface area (Å²) in [5.41, 5.74) is 4.71. The molecule has 138 valence electrons. The van der Waals surface area contributed by atoms with Crippen LogP contribution in [0.5, 0.6) is 0 Å². The molecule has 0 spiro atoms. The lowest BCUT2D eigenvalue weighted by Crippen LogP contribution is -2.23. The van der Waals surface area contributed by atoms with Crippen LogP contribution in [0.3, 0.4) is 0 Å². The number of halogens is 4. The fraction of sp³-hybridized carbons (Fsp3) is 0.200. The largest absolute Gasteiger partial charge is 0.405 e. The SMILES string of the molecule is FC(F)(F)CNc1ncc2c(n1)-c1ccccc1C(c1ccc(Cl)cc1)C2. The van der Waals surface area contributed by atoms with Crippen LogP contribution >= 0.6 is 11.6 Å². The minimum Gasteiger partial charge on any atom is -0.345 e. The molecule has 1 unspecified atom stereocenters. The standard InChI is InChI=1S/C20H15ClF3N3/c21-14-7-5-12(6-8-14)17-9-13-10-25-19(26-11-20(22,23)24)27-18(13)16-4-2-1-3-15(16)17/h1-8,10,17H,9,11H2,(H,25,26,27). The van der Waals surface area contributed by atoms with Crippen molar-refractivity contribution in [1.29, 1.82) is 0 Å². The molecule has 1 aliphatic carbocycles. The second kappa shape index (κ2) is 6.85. The smallest absolute Gasteiger partial charge is 0.345 e. The molecule has 4 rings (SSSR count). The van der Waals surface area contributed by atoms with Gasteiger partial charge < -0.3 is 5.32 Å². The first-order chi connectivity index (χ1) is 12.9. The Balaban J connectivity index is 1.72. The molecule has 1 aliphatic rings. The van der Waals surface area contributed by atoms with Crippen LogP contribution in [0.2, 0.25) is 5.02 Å². The summed E-state index contributed by atoms with van der Waals surface area (Å²) in [6.45, 7) is -1.17. The number of hydrogen-bond donors (Lipinski definition) is 1. The predicted octanol–water partition coefficient (Wildman–Crippen LogP) is 5.46. The van der Waals surface area contributed by atoms with E-state index >= 15 is 0 Å². The second-order valence-electron chi connectivity index (χ2n) is 6.43. The monoisotopic (exact) mass is 389 g/mol. The maximum Gasteiger partial charge on any atom is 0.405 e. The first-order valence-electron chi connectivity index (χ1n) is 8.42. The summed E-state index contributed by atoms with van der Waals surface area (Å²) < 4.78 is 37.4. The van der Waals surface area contributed by atoms with Crippen LogP contribution in [0.4, 0.5) is 19.1 Å². The molecule has 1 atom stereocenters. The molecule has 3 aromatic rings. The summed E-state index contributed by atoms with van der Waals surface area (Å²) in [7, 11) is 0. The van der Waals surface area contributed by atoms with Crippen molar-refractivity contribution in [2.45, 2.75) is 18.5 Å². The molecule has 0 radical (unpaired) electrons. The number of anilines is 1. The molecular weight excluding hydrogens is 375 g/mol. The highest BCUT2D eigenvalue weighted by Crippen LogP contribution is 2.42. The van der Waals surface area contributed by atoms with Crippen LogP contribution in [0, 0.1) is 0 Å². The number of nitrogens with zero attached hydrogens (tertiary/aromatic N) is 2. The summed E-state index contributed by atoms with van der Waals surface area (Å²) >= 11 is 6.00. The van der Waals surface area contributed by atoms with Gasteiger partial charge in [-0.2, -0.15) is 13.2 Å². The third kappa shape index (κ3) is 3.76. The van der Waals surface area contributed by atoms with Crippen LogP contribution in [0.15, 0.2) is 54.7 Å². The number of benzene rings is 2. The number of rotatable bonds is 3. The zero-order valence-corrected chi connectivity index (χ0v) is 14.8. The summed E-state index contributed by atoms with van der Waals surface area (Å²) in [5.74, 6) is 0.0920. The summed E-state index contributed by atoms with van der Waals surface area (Å²) in [4.78, 5) is 8.42. The van der Waals surface area contributed by atoms with Gasteiger partial charge in [-0.25, -0.2) is 9.97 Å². The van der Waals surface area contributed by atoms with E-state index in [1.54, 1.807) is 6.20 Å². The van der Waals surface area contributed by atoms with Crippen LogP contribution < -0.4 is 5.32 Å². The minimum atomic E-state index is -4.32. The van der Waals surface area contributed by atoms with Gasteiger partial charge in [0.2, 0.25) is 5.95 Å². The summed E-state index contributed by atoms with van der Waals surface area (Å²) in [6, 6.07) is 15.5. The van der Waals surface area contributed by atoms with Gasteiger partial charge in [-0.1, -0.05) is 48.0 Å². The van der Waals surface area contributed by atoms with E-state index < -0.39 is 12.7 Å². The lowest BCUT2D eigenvalue weighted by Gasteiger charge is -2.27. The van der Waals surface area contributed by atoms with E-state index in [1.165, 1.54) is 0 Å². The van der Waals surface area contributed by atoms with Gasteiger partial charge in [0.05, 0.1) is 5.69 Å². The number of alkyl halides is 3. The normalized spacial score (nSPS) is 15.8. The molecule has 3 nitrogen and oxygen atoms in total. The molecule has 0 saturated heterocycles. The average molecular weight is 390 g/mol. The highest BCUT2D eigenvalue weighted by molar-refractivity contribution is 6.30. The van der Waals surface area contributed by atoms with Crippen molar-refractivity contribution < 1.29 is 13.2 Å². The van der Waals surface area contributed by atoms with Crippen molar-refractivity contribution in [3.05, 3.63) is 76.4 Å². The Hall–Kier alpha value is -2.60. The lowest BCUT2D eigenvalue weighted by atomic mass is 9.78. The van der Waals surface area contributed by atoms with Gasteiger partial charge in [0, 0.05) is 22.7 Å². The van der Waals surface area contributed by atoms with Gasteiger partial charge in [-0.15, -0.1) is 0 Å². The molecule has 27 heavy (non-hydrogen) atoms. The van der Waals surface area contributed by atoms with E-state index in [-0.39, 0.29) is 11.9 Å². The molecule has 7 heteroatoms. The van der Waals surface area contributed by atoms with Crippen molar-refractivity contribution >= 4 is 17.5 Å². The van der Waals surface area contributed by atoms with E-state index in [1.807, 2.05) is 48.5 Å². The van der Waals surface area contributed by atoms with E-state index in [4.69, 9.17) is 11.6 Å². The Morgan fingerprint density at radius 3 is 2.56 bits per heavy atom. The first-order valence-corrected chi connectivity index (χ1v) is 8.80. The molecule has 0 aliphatic heterocycles. The van der Waals surface area contributed by atoms with Crippen molar-refractivity contribution in [2.75, 3.05) is 11.9 Å². The van der Waals surface area contributed by atoms with Crippen LogP contribution in [-0.2, 0) is 6.42 Å². The second-order valence-corrected chi connectivity index (χ2v) is 6.87. The number of fused-ring (bicyclic) bond motifs is 3. The van der Waals surface area contributed by atoms with Gasteiger partial charge in [0.1, 0.15) is 6.54 Å². The molecule has 0 amide bonds. The fourth-order valence-electron chi connectivity index (χ4n) is 3.39. The van der Waals surface area contributed by atoms with Crippen molar-refractivity contribution in [2.24, 2.45) is 0 Å². The highest BCUT2D eigenvalue weighted by atomic mass is 35.5. The predicted molar refractivity (Wildman–Crippen MR) is 99.0 cm³/mol. The Bertz CT molecular complexity index is 971. The van der Waals surface area contributed by atoms with Gasteiger partial charge >= 0.3 is 6.18 Å². The third-order valence-corrected chi connectivity index (χ3v) is 4.85. The molecule has 0 bridgehead atoms. The van der Waals surface area contributed by atoms with Crippen molar-refractivity contribution in [1.82, 2.24) is 9.97 Å². The zero-order chi connectivity index (χ0) is 19.0. The first kappa shape index (κ1) is 17.8. The van der Waals surface area contributed by atoms with Crippen LogP contribution in [-0.4, -0.2) is 22.7 Å². The molecule has 1 N–H and O–H groups in total. The Morgan fingerprint density at radius 2 is 1.81 bits per heavy atom. The van der Waals surface area contributed by atoms with E-state index in [0.717, 1.165) is 22.3 Å². The van der Waals surface area contributed by atoms with Gasteiger partial charge in [0.25, 0.3) is 0 Å². The Labute approximate surface area is 159 Å². The lowest BCUT2D eigenvalue weighted by molar-refractivity contribution is -0.115. The minimum absolute atomic E-state index is 0.0224. The van der Waals surface area contributed by atoms with Crippen molar-refractivity contribution in [3.63, 3.8) is 0 Å². The number of aromatic nitrogens is 2. The Morgan fingerprint density at radius 1 is 1.07 bits per heavy atom. The summed E-state index contributed by atoms with van der Waals surface area (Å²) in [5, 5.41) is 2.93. The zero-order valence-electron chi connectivity index (χ0n) is 14.1. The van der Waals surface area contributed by atoms with Crippen LogP contribution in [0.1, 0.15) is 22.6 Å². The maximum absolute atomic E-state index is 12.5. The van der Waals surface area contributed by atoms with Gasteiger partial charge in [-0.3, -0.25) is 0 Å². The van der Waals surface area contributed by atoms with E-state index in [2.05, 4.69) is 15.3 Å². The average Bonchev–Trinajstić information content (AvgIpc) is 2.66. The third-order valence-electron chi connectivity index (χ3n) is 4.60. The van der Waals surface area contributed by atoms with E-state index in [0.29, 0.717) is 17.1 Å². The molecule has 2 aromatic carbocycles. The fourth-order valence-corrected chi connectivity index (χ4v) is 3.52. The highest BCUT2D eigenvalue weighted by Gasteiger charge is 2.29. The van der Waals surface area contributed by atoms with Gasteiger partial charge in [-0.05, 0) is 35.2 Å². The molecule has 1 heterocycles.